The van der Waals surface area contributed by atoms with E-state index in [1.165, 1.54) is 4.31 Å². The van der Waals surface area contributed by atoms with Gasteiger partial charge >= 0.3 is 0 Å². The van der Waals surface area contributed by atoms with Crippen LogP contribution in [0.15, 0.2) is 48.5 Å². The van der Waals surface area contributed by atoms with E-state index in [1.807, 2.05) is 25.1 Å². The van der Waals surface area contributed by atoms with Crippen molar-refractivity contribution in [1.82, 2.24) is 9.37 Å². The van der Waals surface area contributed by atoms with Gasteiger partial charge in [0, 0.05) is 13.1 Å². The highest BCUT2D eigenvalue weighted by atomic mass is 35.5. The van der Waals surface area contributed by atoms with E-state index in [0.29, 0.717) is 47.3 Å². The van der Waals surface area contributed by atoms with Crippen LogP contribution in [-0.2, 0) is 14.8 Å². The van der Waals surface area contributed by atoms with E-state index in [2.05, 4.69) is 0 Å². The molecule has 0 saturated carbocycles. The topological polar surface area (TPSA) is 87.2 Å². The van der Waals surface area contributed by atoms with Crippen LogP contribution in [0, 0.1) is 6.92 Å². The smallest absolute Gasteiger partial charge is 0.233 e. The van der Waals surface area contributed by atoms with Gasteiger partial charge in [0.2, 0.25) is 16.4 Å². The Morgan fingerprint density at radius 2 is 1.90 bits per heavy atom. The number of hydrogen-bond donors (Lipinski definition) is 1. The standard InChI is InChI=1S/C21H25ClN2O5S/c1-16-7-8-21(19(22)13-16)29-18-9-11-23(12-10-18)30(27,28)14-20(24(26)15-25)17-5-3-2-4-6-17/h2-8,13,15,18,20,26H,9-12,14H2,1H3. The minimum Gasteiger partial charge on any atom is -0.489 e. The van der Waals surface area contributed by atoms with Gasteiger partial charge in [0.1, 0.15) is 11.9 Å². The Hall–Kier alpha value is -2.13. The number of hydrogen-bond acceptors (Lipinski definition) is 5. The molecule has 7 nitrogen and oxygen atoms in total. The predicted octanol–water partition coefficient (Wildman–Crippen LogP) is 3.41. The van der Waals surface area contributed by atoms with Crippen LogP contribution in [0.1, 0.15) is 30.0 Å². The highest BCUT2D eigenvalue weighted by Crippen LogP contribution is 2.29. The van der Waals surface area contributed by atoms with E-state index in [-0.39, 0.29) is 12.5 Å². The molecule has 9 heteroatoms. The Labute approximate surface area is 181 Å². The van der Waals surface area contributed by atoms with E-state index < -0.39 is 21.8 Å². The molecule has 1 fully saturated rings. The minimum absolute atomic E-state index is 0.133. The summed E-state index contributed by atoms with van der Waals surface area (Å²) in [6.45, 7) is 2.54. The fraction of sp³-hybridized carbons (Fsp3) is 0.381. The summed E-state index contributed by atoms with van der Waals surface area (Å²) >= 11 is 6.22. The molecule has 2 aromatic rings. The summed E-state index contributed by atoms with van der Waals surface area (Å²) in [5.74, 6) is 0.191. The Bertz CT molecular complexity index is 963. The minimum atomic E-state index is -3.70. The van der Waals surface area contributed by atoms with Gasteiger partial charge in [-0.25, -0.2) is 17.8 Å². The molecule has 3 rings (SSSR count). The summed E-state index contributed by atoms with van der Waals surface area (Å²) in [7, 11) is -3.70. The quantitative estimate of drug-likeness (QED) is 0.377. The van der Waals surface area contributed by atoms with E-state index in [1.54, 1.807) is 30.3 Å². The maximum Gasteiger partial charge on any atom is 0.233 e. The van der Waals surface area contributed by atoms with Crippen molar-refractivity contribution >= 4 is 28.0 Å². The Balaban J connectivity index is 1.64. The normalized spacial score (nSPS) is 16.8. The number of carbonyl (C=O) groups excluding carboxylic acids is 1. The van der Waals surface area contributed by atoms with E-state index >= 15 is 0 Å². The summed E-state index contributed by atoms with van der Waals surface area (Å²) in [5.41, 5.74) is 1.58. The number of aryl methyl sites for hydroxylation is 1. The van der Waals surface area contributed by atoms with Crippen LogP contribution in [0.5, 0.6) is 5.75 Å². The summed E-state index contributed by atoms with van der Waals surface area (Å²) in [4.78, 5) is 11.1. The van der Waals surface area contributed by atoms with Crippen molar-refractivity contribution in [2.45, 2.75) is 31.9 Å². The maximum atomic E-state index is 13.0. The number of nitrogens with zero attached hydrogens (tertiary/aromatic N) is 2. The Kier molecular flexibility index (Phi) is 7.36. The number of carbonyl (C=O) groups is 1. The lowest BCUT2D eigenvalue weighted by Crippen LogP contribution is -2.44. The molecule has 1 unspecified atom stereocenters. The first-order valence-electron chi connectivity index (χ1n) is 9.68. The summed E-state index contributed by atoms with van der Waals surface area (Å²) < 4.78 is 33.3. The summed E-state index contributed by atoms with van der Waals surface area (Å²) in [6, 6.07) is 13.2. The fourth-order valence-corrected chi connectivity index (χ4v) is 5.49. The second kappa shape index (κ2) is 9.78. The third-order valence-electron chi connectivity index (χ3n) is 5.16. The molecule has 1 aliphatic heterocycles. The second-order valence-corrected chi connectivity index (χ2v) is 9.76. The third-order valence-corrected chi connectivity index (χ3v) is 7.34. The highest BCUT2D eigenvalue weighted by molar-refractivity contribution is 7.89. The van der Waals surface area contributed by atoms with Gasteiger partial charge in [-0.3, -0.25) is 10.0 Å². The van der Waals surface area contributed by atoms with E-state index in [4.69, 9.17) is 16.3 Å². The van der Waals surface area contributed by atoms with Crippen molar-refractivity contribution in [2.24, 2.45) is 0 Å². The lowest BCUT2D eigenvalue weighted by atomic mass is 10.1. The molecule has 1 saturated heterocycles. The lowest BCUT2D eigenvalue weighted by molar-refractivity contribution is -0.159. The van der Waals surface area contributed by atoms with Crippen LogP contribution in [0.25, 0.3) is 0 Å². The van der Waals surface area contributed by atoms with Crippen molar-refractivity contribution in [3.8, 4) is 5.75 Å². The van der Waals surface area contributed by atoms with Gasteiger partial charge in [-0.1, -0.05) is 48.0 Å². The van der Waals surface area contributed by atoms with Gasteiger partial charge in [0.25, 0.3) is 0 Å². The van der Waals surface area contributed by atoms with Crippen molar-refractivity contribution in [1.29, 1.82) is 0 Å². The number of rotatable bonds is 8. The molecule has 1 N–H and O–H groups in total. The molecule has 1 aliphatic rings. The average molecular weight is 453 g/mol. The van der Waals surface area contributed by atoms with E-state index in [0.717, 1.165) is 5.56 Å². The molecule has 30 heavy (non-hydrogen) atoms. The monoisotopic (exact) mass is 452 g/mol. The van der Waals surface area contributed by atoms with Crippen molar-refractivity contribution in [2.75, 3.05) is 18.8 Å². The fourth-order valence-electron chi connectivity index (χ4n) is 3.49. The number of benzene rings is 2. The van der Waals surface area contributed by atoms with E-state index in [9.17, 15) is 18.4 Å². The Morgan fingerprint density at radius 3 is 2.50 bits per heavy atom. The zero-order chi connectivity index (χ0) is 21.7. The number of sulfonamides is 1. The van der Waals surface area contributed by atoms with Gasteiger partial charge in [-0.05, 0) is 43.0 Å². The van der Waals surface area contributed by atoms with Crippen LogP contribution in [0.4, 0.5) is 0 Å². The van der Waals surface area contributed by atoms with Crippen LogP contribution >= 0.6 is 11.6 Å². The highest BCUT2D eigenvalue weighted by Gasteiger charge is 2.33. The first kappa shape index (κ1) is 22.6. The first-order chi connectivity index (χ1) is 14.3. The SMILES string of the molecule is Cc1ccc(OC2CCN(S(=O)(=O)CC(c3ccccc3)N(O)C=O)CC2)c(Cl)c1. The number of amides is 1. The predicted molar refractivity (Wildman–Crippen MR) is 114 cm³/mol. The van der Waals surface area contributed by atoms with Gasteiger partial charge < -0.3 is 4.74 Å². The average Bonchev–Trinajstić information content (AvgIpc) is 2.74. The van der Waals surface area contributed by atoms with Crippen molar-refractivity contribution < 1.29 is 23.2 Å². The molecule has 2 aromatic carbocycles. The maximum absolute atomic E-state index is 13.0. The van der Waals surface area contributed by atoms with Gasteiger partial charge in [0.15, 0.2) is 0 Å². The molecule has 0 aliphatic carbocycles. The van der Waals surface area contributed by atoms with Crippen molar-refractivity contribution in [3.63, 3.8) is 0 Å². The van der Waals surface area contributed by atoms with Crippen LogP contribution < -0.4 is 4.74 Å². The van der Waals surface area contributed by atoms with Crippen molar-refractivity contribution in [3.05, 3.63) is 64.7 Å². The third kappa shape index (κ3) is 5.51. The number of ether oxygens (including phenoxy) is 1. The molecule has 0 radical (unpaired) electrons. The molecule has 0 aromatic heterocycles. The molecular formula is C21H25ClN2O5S. The number of hydroxylamine groups is 2. The largest absolute Gasteiger partial charge is 0.489 e. The summed E-state index contributed by atoms with van der Waals surface area (Å²) in [5, 5.41) is 10.9. The molecule has 0 spiro atoms. The molecule has 1 amide bonds. The van der Waals surface area contributed by atoms with Crippen LogP contribution in [0.3, 0.4) is 0 Å². The number of halogens is 1. The van der Waals surface area contributed by atoms with Gasteiger partial charge in [-0.2, -0.15) is 0 Å². The molecule has 0 bridgehead atoms. The molecular weight excluding hydrogens is 428 g/mol. The zero-order valence-electron chi connectivity index (χ0n) is 16.6. The van der Waals surface area contributed by atoms with Crippen LogP contribution in [0.2, 0.25) is 5.02 Å². The second-order valence-electron chi connectivity index (χ2n) is 7.34. The zero-order valence-corrected chi connectivity index (χ0v) is 18.2. The molecule has 162 valence electrons. The van der Waals surface area contributed by atoms with Crippen LogP contribution in [-0.4, -0.2) is 54.3 Å². The number of piperidine rings is 1. The van der Waals surface area contributed by atoms with Gasteiger partial charge in [-0.15, -0.1) is 0 Å². The summed E-state index contributed by atoms with van der Waals surface area (Å²) in [6.07, 6.45) is 1.13. The lowest BCUT2D eigenvalue weighted by Gasteiger charge is -2.33. The van der Waals surface area contributed by atoms with Gasteiger partial charge in [0.05, 0.1) is 16.8 Å². The first-order valence-corrected chi connectivity index (χ1v) is 11.7. The molecule has 1 heterocycles. The Morgan fingerprint density at radius 1 is 1.23 bits per heavy atom. The molecule has 1 atom stereocenters.